The summed E-state index contributed by atoms with van der Waals surface area (Å²) in [6, 6.07) is 17.6. The molecule has 0 aromatic heterocycles. The van der Waals surface area contributed by atoms with E-state index in [1.807, 2.05) is 12.1 Å². The average Bonchev–Trinajstić information content (AvgIpc) is 2.40. The van der Waals surface area contributed by atoms with Crippen LogP contribution in [-0.2, 0) is 4.79 Å². The second kappa shape index (κ2) is 7.68. The van der Waals surface area contributed by atoms with E-state index in [1.165, 1.54) is 13.8 Å². The van der Waals surface area contributed by atoms with Gasteiger partial charge in [0.25, 0.3) is 0 Å². The Morgan fingerprint density at radius 3 is 1.45 bits per heavy atom. The van der Waals surface area contributed by atoms with Gasteiger partial charge in [0.1, 0.15) is 17.2 Å². The molecule has 0 aliphatic rings. The summed E-state index contributed by atoms with van der Waals surface area (Å²) in [4.78, 5) is 20.5. The van der Waals surface area contributed by atoms with Gasteiger partial charge in [-0.1, -0.05) is 41.4 Å². The molecule has 0 aliphatic carbocycles. The fourth-order valence-corrected chi connectivity index (χ4v) is 1.48. The summed E-state index contributed by atoms with van der Waals surface area (Å²) in [5, 5.41) is 11.7. The second-order valence-electron chi connectivity index (χ2n) is 4.13. The quantitative estimate of drug-likeness (QED) is 0.632. The zero-order valence-corrected chi connectivity index (χ0v) is 11.4. The van der Waals surface area contributed by atoms with Gasteiger partial charge in [0.05, 0.1) is 0 Å². The highest BCUT2D eigenvalue weighted by atomic mass is 16.7. The fourth-order valence-electron chi connectivity index (χ4n) is 1.48. The second-order valence-corrected chi connectivity index (χ2v) is 4.13. The van der Waals surface area contributed by atoms with Crippen LogP contribution in [-0.4, -0.2) is 10.8 Å². The molecule has 2 rings (SSSR count). The smallest absolute Gasteiger partial charge is 0.170 e. The number of nitro groups is 1. The Morgan fingerprint density at radius 1 is 0.900 bits per heavy atom. The summed E-state index contributed by atoms with van der Waals surface area (Å²) in [6.45, 7) is 3.06. The van der Waals surface area contributed by atoms with Crippen molar-refractivity contribution in [1.29, 1.82) is 0 Å². The Morgan fingerprint density at radius 2 is 1.20 bits per heavy atom. The molecule has 0 bridgehead atoms. The lowest BCUT2D eigenvalue weighted by Gasteiger charge is -2.13. The number of hydrogen-bond acceptors (Lipinski definition) is 3. The molecule has 2 aromatic rings. The lowest BCUT2D eigenvalue weighted by atomic mass is 10.2. The van der Waals surface area contributed by atoms with Crippen LogP contribution >= 0.6 is 0 Å². The number of carbonyl (C=O) groups is 1. The third-order valence-corrected chi connectivity index (χ3v) is 2.16. The van der Waals surface area contributed by atoms with E-state index in [1.54, 1.807) is 48.5 Å². The van der Waals surface area contributed by atoms with Crippen LogP contribution < -0.4 is 5.01 Å². The van der Waals surface area contributed by atoms with Gasteiger partial charge in [-0.3, -0.25) is 0 Å². The van der Waals surface area contributed by atoms with Gasteiger partial charge in [-0.2, -0.15) is 0 Å². The molecular weight excluding hydrogens is 256 g/mol. The van der Waals surface area contributed by atoms with Crippen molar-refractivity contribution in [3.8, 4) is 0 Å². The van der Waals surface area contributed by atoms with Crippen molar-refractivity contribution >= 4 is 17.2 Å². The topological polar surface area (TPSA) is 63.4 Å². The third-order valence-electron chi connectivity index (χ3n) is 2.16. The van der Waals surface area contributed by atoms with Crippen molar-refractivity contribution in [3.63, 3.8) is 0 Å². The molecule has 0 fully saturated rings. The van der Waals surface area contributed by atoms with E-state index in [0.29, 0.717) is 11.4 Å². The van der Waals surface area contributed by atoms with E-state index in [2.05, 4.69) is 0 Å². The maximum absolute atomic E-state index is 11.0. The Bertz CT molecular complexity index is 512. The molecule has 5 nitrogen and oxygen atoms in total. The number of anilines is 2. The van der Waals surface area contributed by atoms with Gasteiger partial charge in [-0.05, 0) is 38.1 Å². The predicted molar refractivity (Wildman–Crippen MR) is 78.4 cm³/mol. The molecule has 0 heterocycles. The molecule has 0 N–H and O–H groups in total. The number of para-hydroxylation sites is 2. The summed E-state index contributed by atoms with van der Waals surface area (Å²) in [7, 11) is 0. The van der Waals surface area contributed by atoms with Crippen LogP contribution in [0.4, 0.5) is 11.4 Å². The first-order valence-electron chi connectivity index (χ1n) is 6.04. The normalized spacial score (nSPS) is 9.10. The van der Waals surface area contributed by atoms with Crippen LogP contribution in [0.2, 0.25) is 0 Å². The Balaban J connectivity index is 0.000000444. The van der Waals surface area contributed by atoms with E-state index >= 15 is 0 Å². The molecule has 2 aromatic carbocycles. The number of hydrazine groups is 1. The summed E-state index contributed by atoms with van der Waals surface area (Å²) in [5.41, 5.74) is 1.08. The zero-order valence-electron chi connectivity index (χ0n) is 11.4. The van der Waals surface area contributed by atoms with Crippen LogP contribution in [0.25, 0.3) is 0 Å². The van der Waals surface area contributed by atoms with Gasteiger partial charge in [0.15, 0.2) is 5.03 Å². The van der Waals surface area contributed by atoms with E-state index in [4.69, 9.17) is 0 Å². The fraction of sp³-hybridized carbons (Fsp3) is 0.133. The summed E-state index contributed by atoms with van der Waals surface area (Å²) < 4.78 is 0. The van der Waals surface area contributed by atoms with Crippen molar-refractivity contribution in [2.75, 3.05) is 5.01 Å². The van der Waals surface area contributed by atoms with Gasteiger partial charge in [0.2, 0.25) is 0 Å². The van der Waals surface area contributed by atoms with Gasteiger partial charge in [0, 0.05) is 0 Å². The maximum Gasteiger partial charge on any atom is 0.170 e. The van der Waals surface area contributed by atoms with Gasteiger partial charge in [-0.25, -0.2) is 10.1 Å². The first kappa shape index (κ1) is 15.4. The highest BCUT2D eigenvalue weighted by Crippen LogP contribution is 2.24. The molecule has 0 unspecified atom stereocenters. The minimum absolute atomic E-state index is 0.167. The first-order chi connectivity index (χ1) is 9.52. The number of hydrogen-bond donors (Lipinski definition) is 0. The van der Waals surface area contributed by atoms with Crippen molar-refractivity contribution in [2.24, 2.45) is 0 Å². The molecule has 5 heteroatoms. The number of benzene rings is 2. The average molecular weight is 272 g/mol. The standard InChI is InChI=1S/C12H10N2O2.C3H6O/c15-14(16)13(11-7-3-1-4-8-11)12-9-5-2-6-10-12;1-3(2)4/h1-10H;1-2H3. The summed E-state index contributed by atoms with van der Waals surface area (Å²) >= 11 is 0. The van der Waals surface area contributed by atoms with Crippen molar-refractivity contribution in [1.82, 2.24) is 0 Å². The van der Waals surface area contributed by atoms with Gasteiger partial charge >= 0.3 is 0 Å². The number of carbonyl (C=O) groups excluding carboxylic acids is 1. The van der Waals surface area contributed by atoms with Crippen LogP contribution in [0.3, 0.4) is 0 Å². The zero-order chi connectivity index (χ0) is 15.0. The minimum Gasteiger partial charge on any atom is -0.300 e. The highest BCUT2D eigenvalue weighted by Gasteiger charge is 2.18. The SMILES string of the molecule is CC(C)=O.O=[N+]([O-])N(c1ccccc1)c1ccccc1. The molecule has 20 heavy (non-hydrogen) atoms. The largest absolute Gasteiger partial charge is 0.300 e. The number of rotatable bonds is 3. The Kier molecular flexibility index (Phi) is 5.90. The van der Waals surface area contributed by atoms with E-state index < -0.39 is 5.03 Å². The van der Waals surface area contributed by atoms with Crippen molar-refractivity contribution in [2.45, 2.75) is 13.8 Å². The maximum atomic E-state index is 11.0. The van der Waals surface area contributed by atoms with Crippen LogP contribution in [0.1, 0.15) is 13.8 Å². The number of ketones is 1. The molecule has 0 aliphatic heterocycles. The summed E-state index contributed by atoms with van der Waals surface area (Å²) in [5.74, 6) is 0.167. The van der Waals surface area contributed by atoms with Crippen molar-refractivity contribution in [3.05, 3.63) is 70.8 Å². The van der Waals surface area contributed by atoms with E-state index in [0.717, 1.165) is 5.01 Å². The first-order valence-corrected chi connectivity index (χ1v) is 6.04. The van der Waals surface area contributed by atoms with Gasteiger partial charge in [-0.15, -0.1) is 0 Å². The lowest BCUT2D eigenvalue weighted by molar-refractivity contribution is -0.483. The van der Waals surface area contributed by atoms with Crippen LogP contribution in [0, 0.1) is 10.1 Å². The van der Waals surface area contributed by atoms with E-state index in [-0.39, 0.29) is 5.78 Å². The number of Topliss-reactive ketones (excluding diaryl/α,β-unsaturated/α-hetero) is 1. The third kappa shape index (κ3) is 4.89. The lowest BCUT2D eigenvalue weighted by Crippen LogP contribution is -2.23. The predicted octanol–water partition coefficient (Wildman–Crippen LogP) is 3.61. The molecule has 0 saturated carbocycles. The monoisotopic (exact) mass is 272 g/mol. The molecule has 0 radical (unpaired) electrons. The molecule has 0 amide bonds. The van der Waals surface area contributed by atoms with Crippen molar-refractivity contribution < 1.29 is 9.83 Å². The van der Waals surface area contributed by atoms with Crippen LogP contribution in [0.15, 0.2) is 60.7 Å². The Labute approximate surface area is 117 Å². The molecule has 0 spiro atoms. The molecule has 0 atom stereocenters. The molecular formula is C15H16N2O3. The summed E-state index contributed by atoms with van der Waals surface area (Å²) in [6.07, 6.45) is 0. The number of nitrogens with zero attached hydrogens (tertiary/aromatic N) is 2. The minimum atomic E-state index is -0.426. The van der Waals surface area contributed by atoms with Gasteiger partial charge < -0.3 is 4.79 Å². The highest BCUT2D eigenvalue weighted by molar-refractivity contribution is 5.72. The Hall–Kier alpha value is -2.69. The van der Waals surface area contributed by atoms with E-state index in [9.17, 15) is 14.9 Å². The molecule has 0 saturated heterocycles. The van der Waals surface area contributed by atoms with Crippen LogP contribution in [0.5, 0.6) is 0 Å². The molecule has 104 valence electrons.